The fraction of sp³-hybridized carbons (Fsp3) is 0.433. The minimum atomic E-state index is -3.53. The Balaban J connectivity index is 1.52. The van der Waals surface area contributed by atoms with Crippen LogP contribution in [0.2, 0.25) is 0 Å². The van der Waals surface area contributed by atoms with Gasteiger partial charge in [-0.15, -0.1) is 0 Å². The molecule has 0 saturated carbocycles. The zero-order valence-corrected chi connectivity index (χ0v) is 25.3. The van der Waals surface area contributed by atoms with Gasteiger partial charge in [-0.25, -0.2) is 8.42 Å². The molecular formula is C30H39N7O3S. The first-order valence-electron chi connectivity index (χ1n) is 14.1. The Kier molecular flexibility index (Phi) is 8.19. The minimum absolute atomic E-state index is 0.0174. The van der Waals surface area contributed by atoms with Crippen molar-refractivity contribution in [2.24, 2.45) is 0 Å². The molecule has 218 valence electrons. The third kappa shape index (κ3) is 6.15. The number of H-pyrrole nitrogens is 1. The van der Waals surface area contributed by atoms with Crippen molar-refractivity contribution in [1.82, 2.24) is 25.1 Å². The van der Waals surface area contributed by atoms with Gasteiger partial charge in [0.15, 0.2) is 15.5 Å². The van der Waals surface area contributed by atoms with Crippen LogP contribution in [0.5, 0.6) is 5.75 Å². The molecule has 4 aromatic rings. The largest absolute Gasteiger partial charge is 0.489 e. The maximum atomic E-state index is 13.1. The van der Waals surface area contributed by atoms with Gasteiger partial charge in [-0.05, 0) is 109 Å². The lowest BCUT2D eigenvalue weighted by molar-refractivity contribution is 0.241. The van der Waals surface area contributed by atoms with E-state index in [-0.39, 0.29) is 11.0 Å². The summed E-state index contributed by atoms with van der Waals surface area (Å²) in [5.74, 6) is 2.00. The van der Waals surface area contributed by atoms with Crippen molar-refractivity contribution in [2.45, 2.75) is 69.6 Å². The minimum Gasteiger partial charge on any atom is -0.489 e. The SMILES string of the molecule is Cc1cc(Nc2nc(Nc3ccccc3S(=O)(=O)C(C)C)c3cn[nH]c3n2)c(OC(C)C)cc1C1CCN(C)CC1. The zero-order chi connectivity index (χ0) is 29.3. The molecule has 0 amide bonds. The summed E-state index contributed by atoms with van der Waals surface area (Å²) in [7, 11) is -1.36. The number of likely N-dealkylation sites (tertiary alicyclic amines) is 1. The number of ether oxygens (including phenoxy) is 1. The number of sulfone groups is 1. The number of para-hydroxylation sites is 1. The maximum absolute atomic E-state index is 13.1. The summed E-state index contributed by atoms with van der Waals surface area (Å²) in [6.07, 6.45) is 3.84. The average molecular weight is 578 g/mol. The van der Waals surface area contributed by atoms with Crippen LogP contribution in [-0.2, 0) is 9.84 Å². The molecular weight excluding hydrogens is 538 g/mol. The highest BCUT2D eigenvalue weighted by atomic mass is 32.2. The molecule has 41 heavy (non-hydrogen) atoms. The van der Waals surface area contributed by atoms with E-state index < -0.39 is 15.1 Å². The molecule has 3 heterocycles. The summed E-state index contributed by atoms with van der Waals surface area (Å²) in [4.78, 5) is 12.0. The molecule has 2 aromatic carbocycles. The highest BCUT2D eigenvalue weighted by molar-refractivity contribution is 7.92. The molecule has 0 radical (unpaired) electrons. The molecule has 1 fully saturated rings. The Labute approximate surface area is 241 Å². The normalized spacial score (nSPS) is 15.1. The summed E-state index contributed by atoms with van der Waals surface area (Å²) in [5.41, 5.74) is 4.22. The van der Waals surface area contributed by atoms with Crippen LogP contribution >= 0.6 is 0 Å². The van der Waals surface area contributed by atoms with E-state index in [2.05, 4.69) is 56.8 Å². The van der Waals surface area contributed by atoms with Crippen LogP contribution in [-0.4, -0.2) is 65.0 Å². The van der Waals surface area contributed by atoms with Crippen molar-refractivity contribution in [1.29, 1.82) is 0 Å². The van der Waals surface area contributed by atoms with Crippen LogP contribution in [0.15, 0.2) is 47.5 Å². The van der Waals surface area contributed by atoms with Crippen molar-refractivity contribution in [2.75, 3.05) is 30.8 Å². The second-order valence-corrected chi connectivity index (χ2v) is 13.8. The third-order valence-corrected chi connectivity index (χ3v) is 9.72. The fourth-order valence-corrected chi connectivity index (χ4v) is 6.42. The number of anilines is 4. The number of rotatable bonds is 9. The van der Waals surface area contributed by atoms with E-state index in [1.54, 1.807) is 44.3 Å². The van der Waals surface area contributed by atoms with Crippen LogP contribution in [0, 0.1) is 6.92 Å². The molecule has 5 rings (SSSR count). The highest BCUT2D eigenvalue weighted by Crippen LogP contribution is 2.38. The van der Waals surface area contributed by atoms with E-state index in [1.165, 1.54) is 11.1 Å². The molecule has 11 heteroatoms. The van der Waals surface area contributed by atoms with Gasteiger partial charge in [0.2, 0.25) is 5.95 Å². The number of hydrogen-bond donors (Lipinski definition) is 3. The van der Waals surface area contributed by atoms with E-state index in [4.69, 9.17) is 9.72 Å². The lowest BCUT2D eigenvalue weighted by atomic mass is 9.86. The number of hydrogen-bond acceptors (Lipinski definition) is 9. The van der Waals surface area contributed by atoms with Gasteiger partial charge in [-0.2, -0.15) is 15.1 Å². The Morgan fingerprint density at radius 3 is 2.46 bits per heavy atom. The summed E-state index contributed by atoms with van der Waals surface area (Å²) >= 11 is 0. The van der Waals surface area contributed by atoms with Crippen molar-refractivity contribution in [3.8, 4) is 5.75 Å². The molecule has 0 bridgehead atoms. The van der Waals surface area contributed by atoms with Gasteiger partial charge in [0.25, 0.3) is 0 Å². The van der Waals surface area contributed by atoms with E-state index in [0.717, 1.165) is 37.4 Å². The second kappa shape index (κ2) is 11.7. The lowest BCUT2D eigenvalue weighted by Crippen LogP contribution is -2.29. The van der Waals surface area contributed by atoms with Crippen LogP contribution in [0.1, 0.15) is 57.6 Å². The topological polar surface area (TPSA) is 125 Å². The van der Waals surface area contributed by atoms with Gasteiger partial charge < -0.3 is 20.3 Å². The first-order chi connectivity index (χ1) is 19.5. The lowest BCUT2D eigenvalue weighted by Gasteiger charge is -2.30. The molecule has 0 spiro atoms. The Morgan fingerprint density at radius 1 is 1.02 bits per heavy atom. The number of aryl methyl sites for hydroxylation is 1. The number of benzene rings is 2. The predicted octanol–water partition coefficient (Wildman–Crippen LogP) is 5.93. The monoisotopic (exact) mass is 577 g/mol. The number of fused-ring (bicyclic) bond motifs is 1. The quantitative estimate of drug-likeness (QED) is 0.222. The molecule has 0 aliphatic carbocycles. The smallest absolute Gasteiger partial charge is 0.231 e. The fourth-order valence-electron chi connectivity index (χ4n) is 5.22. The van der Waals surface area contributed by atoms with E-state index in [1.807, 2.05) is 13.8 Å². The van der Waals surface area contributed by atoms with Gasteiger partial charge in [-0.1, -0.05) is 12.1 Å². The molecule has 2 aromatic heterocycles. The van der Waals surface area contributed by atoms with Crippen LogP contribution in [0.25, 0.3) is 11.0 Å². The first kappa shape index (κ1) is 28.8. The molecule has 1 aliphatic rings. The standard InChI is InChI=1S/C30H39N7O3S/c1-18(2)40-26-16-22(21-11-13-37(6)14-12-21)20(5)15-25(26)33-30-34-28(23-17-31-36-29(23)35-30)32-24-9-7-8-10-27(24)41(38,39)19(3)4/h7-10,15-19,21H,11-14H2,1-6H3,(H3,31,32,33,34,35,36). The number of piperidine rings is 1. The van der Waals surface area contributed by atoms with Crippen molar-refractivity contribution >= 4 is 44.0 Å². The van der Waals surface area contributed by atoms with Gasteiger partial charge in [0, 0.05) is 0 Å². The molecule has 1 aliphatic heterocycles. The predicted molar refractivity (Wildman–Crippen MR) is 163 cm³/mol. The van der Waals surface area contributed by atoms with Gasteiger partial charge in [0.05, 0.1) is 39.2 Å². The molecule has 1 saturated heterocycles. The van der Waals surface area contributed by atoms with Crippen LogP contribution < -0.4 is 15.4 Å². The molecule has 10 nitrogen and oxygen atoms in total. The van der Waals surface area contributed by atoms with Gasteiger partial charge in [0.1, 0.15) is 11.6 Å². The summed E-state index contributed by atoms with van der Waals surface area (Å²) in [6.45, 7) is 11.7. The Hall–Kier alpha value is -3.70. The van der Waals surface area contributed by atoms with Gasteiger partial charge in [-0.3, -0.25) is 5.10 Å². The molecule has 0 atom stereocenters. The molecule has 3 N–H and O–H groups in total. The Morgan fingerprint density at radius 2 is 1.76 bits per heavy atom. The number of aromatic amines is 1. The average Bonchev–Trinajstić information content (AvgIpc) is 3.40. The summed E-state index contributed by atoms with van der Waals surface area (Å²) in [6, 6.07) is 11.1. The van der Waals surface area contributed by atoms with E-state index in [0.29, 0.717) is 34.4 Å². The summed E-state index contributed by atoms with van der Waals surface area (Å²) in [5, 5.41) is 13.7. The zero-order valence-electron chi connectivity index (χ0n) is 24.5. The second-order valence-electron chi connectivity index (χ2n) is 11.3. The third-order valence-electron chi connectivity index (χ3n) is 7.51. The van der Waals surface area contributed by atoms with E-state index in [9.17, 15) is 8.42 Å². The van der Waals surface area contributed by atoms with Crippen molar-refractivity contribution < 1.29 is 13.2 Å². The van der Waals surface area contributed by atoms with Crippen LogP contribution in [0.4, 0.5) is 23.1 Å². The number of nitrogens with one attached hydrogen (secondary N) is 3. The summed E-state index contributed by atoms with van der Waals surface area (Å²) < 4.78 is 32.4. The first-order valence-corrected chi connectivity index (χ1v) is 15.7. The Bertz CT molecular complexity index is 1640. The van der Waals surface area contributed by atoms with Crippen molar-refractivity contribution in [3.63, 3.8) is 0 Å². The number of aromatic nitrogens is 4. The van der Waals surface area contributed by atoms with Crippen LogP contribution in [0.3, 0.4) is 0 Å². The number of nitrogens with zero attached hydrogens (tertiary/aromatic N) is 4. The van der Waals surface area contributed by atoms with E-state index >= 15 is 0 Å². The molecule has 0 unspecified atom stereocenters. The van der Waals surface area contributed by atoms with Crippen molar-refractivity contribution in [3.05, 3.63) is 53.7 Å². The highest BCUT2D eigenvalue weighted by Gasteiger charge is 2.25. The van der Waals surface area contributed by atoms with Gasteiger partial charge >= 0.3 is 0 Å². The maximum Gasteiger partial charge on any atom is 0.231 e.